The van der Waals surface area contributed by atoms with Gasteiger partial charge in [0.05, 0.1) is 23.6 Å². The van der Waals surface area contributed by atoms with E-state index in [4.69, 9.17) is 25.8 Å². The molecule has 0 bridgehead atoms. The van der Waals surface area contributed by atoms with Gasteiger partial charge < -0.3 is 19.1 Å². The maximum atomic E-state index is 14.4. The Morgan fingerprint density at radius 1 is 1.15 bits per heavy atom. The van der Waals surface area contributed by atoms with Gasteiger partial charge in [-0.05, 0) is 117 Å². The lowest BCUT2D eigenvalue weighted by Crippen LogP contribution is -2.52. The van der Waals surface area contributed by atoms with Crippen molar-refractivity contribution in [2.75, 3.05) is 37.5 Å². The zero-order valence-corrected chi connectivity index (χ0v) is 34.0. The fraction of sp³-hybridized carbons (Fsp3) is 0.455. The normalized spacial score (nSPS) is 23.5. The predicted molar refractivity (Wildman–Crippen MR) is 220 cm³/mol. The molecule has 11 heteroatoms. The third-order valence-electron chi connectivity index (χ3n) is 11.8. The Labute approximate surface area is 331 Å². The zero-order chi connectivity index (χ0) is 39.4. The Morgan fingerprint density at radius 2 is 1.93 bits per heavy atom. The van der Waals surface area contributed by atoms with E-state index in [2.05, 4.69) is 46.2 Å². The number of methoxy groups -OCH3 is 1. The van der Waals surface area contributed by atoms with Crippen LogP contribution in [0.5, 0.6) is 5.75 Å². The van der Waals surface area contributed by atoms with Gasteiger partial charge in [-0.15, -0.1) is 17.5 Å². The van der Waals surface area contributed by atoms with E-state index in [0.717, 1.165) is 54.9 Å². The van der Waals surface area contributed by atoms with E-state index in [1.165, 1.54) is 11.1 Å². The second kappa shape index (κ2) is 16.9. The van der Waals surface area contributed by atoms with Crippen molar-refractivity contribution >= 4 is 39.2 Å². The lowest BCUT2D eigenvalue weighted by atomic mass is 9.64. The van der Waals surface area contributed by atoms with Gasteiger partial charge in [0.25, 0.3) is 5.91 Å². The van der Waals surface area contributed by atoms with Crippen LogP contribution in [0.1, 0.15) is 86.0 Å². The summed E-state index contributed by atoms with van der Waals surface area (Å²) in [7, 11) is -1.87. The number of ether oxygens (including phenoxy) is 3. The molecule has 2 amide bonds. The number of allylic oxidation sites excluding steroid dienone is 1. The highest BCUT2D eigenvalue weighted by atomic mass is 35.5. The minimum Gasteiger partial charge on any atom is -0.490 e. The van der Waals surface area contributed by atoms with Gasteiger partial charge >= 0.3 is 6.09 Å². The first-order valence-corrected chi connectivity index (χ1v) is 21.3. The summed E-state index contributed by atoms with van der Waals surface area (Å²) in [5.74, 6) is 0.302. The van der Waals surface area contributed by atoms with Crippen LogP contribution in [-0.4, -0.2) is 54.4 Å². The quantitative estimate of drug-likeness (QED) is 0.172. The predicted octanol–water partition coefficient (Wildman–Crippen LogP) is 9.65. The number of halogens is 1. The number of anilines is 1. The van der Waals surface area contributed by atoms with Crippen LogP contribution in [0.25, 0.3) is 0 Å². The van der Waals surface area contributed by atoms with Crippen LogP contribution in [0.3, 0.4) is 0 Å². The molecule has 55 heavy (non-hydrogen) atoms. The second-order valence-corrected chi connectivity index (χ2v) is 18.2. The molecule has 0 aromatic heterocycles. The van der Waals surface area contributed by atoms with Crippen molar-refractivity contribution in [1.29, 1.82) is 0 Å². The van der Waals surface area contributed by atoms with Crippen molar-refractivity contribution in [3.05, 3.63) is 119 Å². The SMILES string of the molecule is C=CC[C@H](C)C[S@](=O)(=NC(=O)c1ccc2c(c1)N(C[C@@H]1CC[C@H]1[C@@](C)(C=C)OC)C[C@@]1(CCCc3cc(Cl)ccc31)CO2)NC(=O)O[C@@H](C)c1ccccc1. The zero-order valence-electron chi connectivity index (χ0n) is 32.4. The summed E-state index contributed by atoms with van der Waals surface area (Å²) in [5.41, 5.74) is 3.52. The van der Waals surface area contributed by atoms with Gasteiger partial charge in [-0.2, -0.15) is 0 Å². The lowest BCUT2D eigenvalue weighted by Gasteiger charge is -2.49. The summed E-state index contributed by atoms with van der Waals surface area (Å²) in [5, 5.41) is 0.724. The van der Waals surface area contributed by atoms with Crippen LogP contribution < -0.4 is 14.4 Å². The molecule has 0 unspecified atom stereocenters. The Bertz CT molecular complexity index is 2030. The van der Waals surface area contributed by atoms with Crippen LogP contribution in [0.4, 0.5) is 10.5 Å². The molecule has 1 fully saturated rings. The van der Waals surface area contributed by atoms with Gasteiger partial charge in [0, 0.05) is 36.2 Å². The van der Waals surface area contributed by atoms with Gasteiger partial charge in [-0.1, -0.05) is 67.1 Å². The first-order valence-electron chi connectivity index (χ1n) is 19.2. The van der Waals surface area contributed by atoms with E-state index >= 15 is 0 Å². The van der Waals surface area contributed by atoms with E-state index in [1.54, 1.807) is 32.2 Å². The summed E-state index contributed by atoms with van der Waals surface area (Å²) in [6.07, 6.45) is 7.59. The highest BCUT2D eigenvalue weighted by Gasteiger charge is 2.47. The van der Waals surface area contributed by atoms with Crippen molar-refractivity contribution in [2.24, 2.45) is 22.1 Å². The van der Waals surface area contributed by atoms with Gasteiger partial charge in [0.2, 0.25) is 0 Å². The number of benzene rings is 3. The molecule has 7 atom stereocenters. The second-order valence-electron chi connectivity index (χ2n) is 15.7. The molecule has 1 aliphatic heterocycles. The number of fused-ring (bicyclic) bond motifs is 3. The smallest absolute Gasteiger partial charge is 0.420 e. The molecule has 3 aliphatic rings. The fourth-order valence-electron chi connectivity index (χ4n) is 8.59. The third-order valence-corrected chi connectivity index (χ3v) is 14.0. The molecular weight excluding hydrogens is 734 g/mol. The number of aryl methyl sites for hydroxylation is 1. The average molecular weight is 788 g/mol. The largest absolute Gasteiger partial charge is 0.490 e. The minimum absolute atomic E-state index is 0.0592. The van der Waals surface area contributed by atoms with E-state index in [9.17, 15) is 13.8 Å². The van der Waals surface area contributed by atoms with Crippen LogP contribution in [0.15, 0.2) is 96.4 Å². The van der Waals surface area contributed by atoms with Crippen LogP contribution in [0, 0.1) is 17.8 Å². The Balaban J connectivity index is 1.34. The van der Waals surface area contributed by atoms with E-state index < -0.39 is 33.6 Å². The van der Waals surface area contributed by atoms with Gasteiger partial charge in [0.1, 0.15) is 21.8 Å². The molecule has 1 heterocycles. The number of nitrogens with zero attached hydrogens (tertiary/aromatic N) is 2. The van der Waals surface area contributed by atoms with E-state index in [0.29, 0.717) is 31.2 Å². The van der Waals surface area contributed by atoms with Crippen LogP contribution in [0.2, 0.25) is 5.02 Å². The molecule has 2 aliphatic carbocycles. The van der Waals surface area contributed by atoms with Crippen LogP contribution >= 0.6 is 11.6 Å². The van der Waals surface area contributed by atoms with E-state index in [1.807, 2.05) is 55.5 Å². The molecule has 0 saturated heterocycles. The van der Waals surface area contributed by atoms with Gasteiger partial charge in [-0.3, -0.25) is 4.79 Å². The maximum absolute atomic E-state index is 14.4. The van der Waals surface area contributed by atoms with Crippen molar-refractivity contribution in [3.8, 4) is 5.75 Å². The van der Waals surface area contributed by atoms with Gasteiger partial charge in [-0.25, -0.2) is 13.7 Å². The van der Waals surface area contributed by atoms with Crippen LogP contribution in [-0.2, 0) is 31.2 Å². The average Bonchev–Trinajstić information content (AvgIpc) is 3.29. The summed E-state index contributed by atoms with van der Waals surface area (Å²) in [6, 6.07) is 20.7. The fourth-order valence-corrected chi connectivity index (χ4v) is 10.6. The highest BCUT2D eigenvalue weighted by molar-refractivity contribution is 7.92. The first kappa shape index (κ1) is 40.5. The molecule has 1 saturated carbocycles. The Hall–Kier alpha value is -4.12. The molecule has 6 rings (SSSR count). The third kappa shape index (κ3) is 8.97. The lowest BCUT2D eigenvalue weighted by molar-refractivity contribution is -0.0617. The summed E-state index contributed by atoms with van der Waals surface area (Å²) < 4.78 is 39.4. The number of amides is 2. The number of rotatable bonds is 13. The Morgan fingerprint density at radius 3 is 2.62 bits per heavy atom. The van der Waals surface area contributed by atoms with Crippen molar-refractivity contribution in [1.82, 2.24) is 4.72 Å². The molecule has 294 valence electrons. The van der Waals surface area contributed by atoms with Crippen molar-refractivity contribution in [2.45, 2.75) is 76.4 Å². The number of hydrogen-bond acceptors (Lipinski definition) is 7. The standard InChI is InChI=1S/C44H54ClN3O6S/c1-7-13-30(3)27-55(51,47-42(50)54-31(4)32-14-10-9-11-15-32)46-41(49)34-18-22-40-39(25-34)48(26-35-17-20-37(35)43(5,8-2)52-6)28-44(29-53-40)23-12-16-33-24-36(45)19-21-38(33)44/h7-11,14-15,18-19,21-22,24-25,30-31,35,37H,1-2,12-13,16-17,20,23,26-29H2,3-6H3,(H,46,47,49,50,51)/t30-,31-,35-,37+,43+,44-,55-/m0/s1. The van der Waals surface area contributed by atoms with Crippen molar-refractivity contribution < 1.29 is 28.0 Å². The summed E-state index contributed by atoms with van der Waals surface area (Å²) in [6.45, 7) is 15.5. The van der Waals surface area contributed by atoms with Gasteiger partial charge in [0.15, 0.2) is 0 Å². The molecule has 0 radical (unpaired) electrons. The summed E-state index contributed by atoms with van der Waals surface area (Å²) in [4.78, 5) is 29.6. The maximum Gasteiger partial charge on any atom is 0.420 e. The Kier molecular flexibility index (Phi) is 12.5. The molecular formula is C44H54ClN3O6S. The van der Waals surface area contributed by atoms with Crippen molar-refractivity contribution in [3.63, 3.8) is 0 Å². The topological polar surface area (TPSA) is 107 Å². The van der Waals surface area contributed by atoms with E-state index in [-0.39, 0.29) is 28.6 Å². The number of carbonyl (C=O) groups excluding carboxylic acids is 2. The molecule has 3 aromatic carbocycles. The minimum atomic E-state index is -3.61. The number of nitrogens with one attached hydrogen (secondary N) is 1. The highest BCUT2D eigenvalue weighted by Crippen LogP contribution is 2.48. The number of hydrogen-bond donors (Lipinski definition) is 1. The monoisotopic (exact) mass is 787 g/mol. The molecule has 1 N–H and O–H groups in total. The first-order chi connectivity index (χ1) is 26.3. The molecule has 9 nitrogen and oxygen atoms in total. The molecule has 1 spiro atoms. The molecule has 3 aromatic rings. The number of carbonyl (C=O) groups is 2. The summed E-state index contributed by atoms with van der Waals surface area (Å²) >= 11 is 6.47.